The van der Waals surface area contributed by atoms with E-state index >= 15 is 0 Å². The molecule has 3 aromatic carbocycles. The Morgan fingerprint density at radius 2 is 1.84 bits per heavy atom. The molecule has 0 amide bonds. The van der Waals surface area contributed by atoms with E-state index < -0.39 is 5.97 Å². The van der Waals surface area contributed by atoms with Crippen molar-refractivity contribution < 1.29 is 19.0 Å². The number of aromatic nitrogens is 4. The summed E-state index contributed by atoms with van der Waals surface area (Å²) in [4.78, 5) is 29.1. The molecule has 37 heavy (non-hydrogen) atoms. The van der Waals surface area contributed by atoms with Gasteiger partial charge in [0.2, 0.25) is 0 Å². The minimum absolute atomic E-state index is 0.0543. The lowest BCUT2D eigenvalue weighted by atomic mass is 10.1. The first-order valence-corrected chi connectivity index (χ1v) is 11.2. The van der Waals surface area contributed by atoms with Crippen LogP contribution in [0.4, 0.5) is 5.69 Å². The van der Waals surface area contributed by atoms with Gasteiger partial charge >= 0.3 is 12.0 Å². The molecule has 5 aromatic rings. The van der Waals surface area contributed by atoms with Crippen LogP contribution < -0.4 is 15.2 Å². The number of rotatable bonds is 7. The van der Waals surface area contributed by atoms with Crippen LogP contribution in [0.15, 0.2) is 72.8 Å². The topological polar surface area (TPSA) is 149 Å². The summed E-state index contributed by atoms with van der Waals surface area (Å²) < 4.78 is 17.3. The molecular weight excluding hydrogens is 472 g/mol. The Morgan fingerprint density at radius 1 is 1.00 bits per heavy atom. The number of H-pyrrole nitrogens is 1. The number of nitrogens with one attached hydrogen (secondary N) is 1. The number of aryl methyl sites for hydroxylation is 1. The summed E-state index contributed by atoms with van der Waals surface area (Å²) in [6.07, 6.45) is 0. The number of nitriles is 1. The van der Waals surface area contributed by atoms with Crippen molar-refractivity contribution in [1.82, 2.24) is 19.9 Å². The third kappa shape index (κ3) is 5.31. The molecule has 182 valence electrons. The van der Waals surface area contributed by atoms with Gasteiger partial charge in [-0.05, 0) is 42.8 Å². The molecule has 2 aromatic heterocycles. The lowest BCUT2D eigenvalue weighted by molar-refractivity contribution is 0.0469. The second kappa shape index (κ2) is 10.1. The van der Waals surface area contributed by atoms with Gasteiger partial charge in [-0.15, -0.1) is 0 Å². The Hall–Kier alpha value is -5.43. The number of hydrogen-bond acceptors (Lipinski definition) is 9. The Morgan fingerprint density at radius 3 is 2.62 bits per heavy atom. The number of benzene rings is 3. The summed E-state index contributed by atoms with van der Waals surface area (Å²) in [6, 6.07) is 22.4. The fraction of sp³-hybridized carbons (Fsp3) is 0.0741. The number of hydrogen-bond donors (Lipinski definition) is 2. The van der Waals surface area contributed by atoms with E-state index in [9.17, 15) is 10.1 Å². The molecule has 0 spiro atoms. The van der Waals surface area contributed by atoms with Gasteiger partial charge < -0.3 is 24.9 Å². The predicted octanol–water partition coefficient (Wildman–Crippen LogP) is 5.06. The van der Waals surface area contributed by atoms with E-state index in [0.717, 1.165) is 5.56 Å². The molecule has 0 fully saturated rings. The van der Waals surface area contributed by atoms with Crippen molar-refractivity contribution in [1.29, 1.82) is 5.26 Å². The van der Waals surface area contributed by atoms with Crippen LogP contribution in [0.5, 0.6) is 23.4 Å². The summed E-state index contributed by atoms with van der Waals surface area (Å²) in [5.74, 6) is 0.621. The number of nitrogen functional groups attached to an aromatic ring is 1. The summed E-state index contributed by atoms with van der Waals surface area (Å²) in [5, 5.41) is 9.39. The first-order valence-electron chi connectivity index (χ1n) is 11.2. The van der Waals surface area contributed by atoms with Crippen molar-refractivity contribution in [3.63, 3.8) is 0 Å². The van der Waals surface area contributed by atoms with Crippen LogP contribution in [0.1, 0.15) is 27.3 Å². The number of aromatic amines is 1. The highest BCUT2D eigenvalue weighted by molar-refractivity contribution is 5.93. The maximum atomic E-state index is 12.9. The number of nitrogens with two attached hydrogens (primary N) is 1. The standard InChI is InChI=1S/C27H20N6O4/c1-16-30-23-24(31-16)32-27(33-25(23)36-20-9-5-8-19(29)13-20)37-22-12-18(14-28)10-11-21(22)26(34)35-15-17-6-3-2-4-7-17/h2-13H,15,29H2,1H3,(H,30,31,32,33). The molecule has 2 heterocycles. The molecule has 0 unspecified atom stereocenters. The number of ether oxygens (including phenoxy) is 3. The molecule has 0 bridgehead atoms. The zero-order valence-electron chi connectivity index (χ0n) is 19.6. The number of esters is 1. The van der Waals surface area contributed by atoms with Crippen molar-refractivity contribution in [3.05, 3.63) is 95.3 Å². The molecule has 0 saturated carbocycles. The van der Waals surface area contributed by atoms with Gasteiger partial charge in [0.1, 0.15) is 35.0 Å². The van der Waals surface area contributed by atoms with Crippen LogP contribution in [0.25, 0.3) is 11.2 Å². The Kier molecular flexibility index (Phi) is 6.33. The van der Waals surface area contributed by atoms with Crippen molar-refractivity contribution in [2.45, 2.75) is 13.5 Å². The van der Waals surface area contributed by atoms with Crippen molar-refractivity contribution in [2.24, 2.45) is 0 Å². The lowest BCUT2D eigenvalue weighted by Gasteiger charge is -2.12. The van der Waals surface area contributed by atoms with E-state index in [-0.39, 0.29) is 35.4 Å². The first-order chi connectivity index (χ1) is 18.0. The first kappa shape index (κ1) is 23.3. The average Bonchev–Trinajstić information content (AvgIpc) is 3.28. The molecule has 10 nitrogen and oxygen atoms in total. The minimum Gasteiger partial charge on any atom is -0.457 e. The lowest BCUT2D eigenvalue weighted by Crippen LogP contribution is -2.08. The molecule has 0 radical (unpaired) electrons. The zero-order chi connectivity index (χ0) is 25.8. The highest BCUT2D eigenvalue weighted by Crippen LogP contribution is 2.32. The average molecular weight is 492 g/mol. The van der Waals surface area contributed by atoms with E-state index in [1.807, 2.05) is 36.4 Å². The van der Waals surface area contributed by atoms with Gasteiger partial charge in [0, 0.05) is 11.8 Å². The zero-order valence-corrected chi connectivity index (χ0v) is 19.6. The second-order valence-electron chi connectivity index (χ2n) is 7.99. The van der Waals surface area contributed by atoms with Gasteiger partial charge in [-0.1, -0.05) is 36.4 Å². The fourth-order valence-corrected chi connectivity index (χ4v) is 3.52. The molecular formula is C27H20N6O4. The monoisotopic (exact) mass is 492 g/mol. The molecule has 3 N–H and O–H groups in total. The second-order valence-corrected chi connectivity index (χ2v) is 7.99. The number of anilines is 1. The largest absolute Gasteiger partial charge is 0.457 e. The maximum Gasteiger partial charge on any atom is 0.342 e. The molecule has 0 saturated heterocycles. The Bertz CT molecular complexity index is 1640. The van der Waals surface area contributed by atoms with Gasteiger partial charge in [-0.2, -0.15) is 15.2 Å². The summed E-state index contributed by atoms with van der Waals surface area (Å²) in [6.45, 7) is 1.84. The molecule has 0 aliphatic rings. The minimum atomic E-state index is -0.628. The number of nitrogens with zero attached hydrogens (tertiary/aromatic N) is 4. The van der Waals surface area contributed by atoms with Crippen LogP contribution in [-0.4, -0.2) is 25.9 Å². The molecule has 0 aliphatic carbocycles. The summed E-state index contributed by atoms with van der Waals surface area (Å²) in [7, 11) is 0. The van der Waals surface area contributed by atoms with E-state index in [1.54, 1.807) is 31.2 Å². The van der Waals surface area contributed by atoms with Gasteiger partial charge in [-0.3, -0.25) is 0 Å². The van der Waals surface area contributed by atoms with Crippen LogP contribution in [0.3, 0.4) is 0 Å². The number of carbonyl (C=O) groups excluding carboxylic acids is 1. The highest BCUT2D eigenvalue weighted by atomic mass is 16.5. The van der Waals surface area contributed by atoms with Crippen molar-refractivity contribution >= 4 is 22.8 Å². The van der Waals surface area contributed by atoms with Crippen LogP contribution in [0, 0.1) is 18.3 Å². The summed E-state index contributed by atoms with van der Waals surface area (Å²) in [5.41, 5.74) is 8.36. The molecule has 0 aliphatic heterocycles. The van der Waals surface area contributed by atoms with Crippen LogP contribution in [-0.2, 0) is 11.3 Å². The third-order valence-electron chi connectivity index (χ3n) is 5.23. The van der Waals surface area contributed by atoms with Crippen molar-refractivity contribution in [2.75, 3.05) is 5.73 Å². The highest BCUT2D eigenvalue weighted by Gasteiger charge is 2.20. The van der Waals surface area contributed by atoms with Crippen LogP contribution >= 0.6 is 0 Å². The molecule has 10 heteroatoms. The fourth-order valence-electron chi connectivity index (χ4n) is 3.52. The normalized spacial score (nSPS) is 10.6. The van der Waals surface area contributed by atoms with Gasteiger partial charge in [0.25, 0.3) is 5.88 Å². The van der Waals surface area contributed by atoms with Gasteiger partial charge in [0.05, 0.1) is 11.6 Å². The number of imidazole rings is 1. The number of carbonyl (C=O) groups is 1. The smallest absolute Gasteiger partial charge is 0.342 e. The van der Waals surface area contributed by atoms with Crippen molar-refractivity contribution in [3.8, 4) is 29.5 Å². The Labute approximate surface area is 211 Å². The van der Waals surface area contributed by atoms with E-state index in [1.165, 1.54) is 18.2 Å². The van der Waals surface area contributed by atoms with E-state index in [2.05, 4.69) is 19.9 Å². The van der Waals surface area contributed by atoms with E-state index in [0.29, 0.717) is 28.4 Å². The van der Waals surface area contributed by atoms with Gasteiger partial charge in [-0.25, -0.2) is 9.78 Å². The Balaban J connectivity index is 1.48. The van der Waals surface area contributed by atoms with E-state index in [4.69, 9.17) is 19.9 Å². The van der Waals surface area contributed by atoms with Gasteiger partial charge in [0.15, 0.2) is 5.65 Å². The molecule has 0 atom stereocenters. The maximum absolute atomic E-state index is 12.9. The quantitative estimate of drug-likeness (QED) is 0.235. The SMILES string of the molecule is Cc1nc2nc(Oc3cc(C#N)ccc3C(=O)OCc3ccccc3)nc(Oc3cccc(N)c3)c2[nH]1. The molecule has 5 rings (SSSR count). The third-order valence-corrected chi connectivity index (χ3v) is 5.23. The van der Waals surface area contributed by atoms with Crippen LogP contribution in [0.2, 0.25) is 0 Å². The predicted molar refractivity (Wildman–Crippen MR) is 134 cm³/mol. The number of fused-ring (bicyclic) bond motifs is 1. The summed E-state index contributed by atoms with van der Waals surface area (Å²) >= 11 is 0.